The third kappa shape index (κ3) is 3.61. The second-order valence-corrected chi connectivity index (χ2v) is 6.13. The fourth-order valence-corrected chi connectivity index (χ4v) is 2.67. The quantitative estimate of drug-likeness (QED) is 0.770. The van der Waals surface area contributed by atoms with Gasteiger partial charge in [0.25, 0.3) is 0 Å². The minimum absolute atomic E-state index is 0.0627. The summed E-state index contributed by atoms with van der Waals surface area (Å²) < 4.78 is 37.6. The van der Waals surface area contributed by atoms with Gasteiger partial charge in [-0.05, 0) is 55.7 Å². The van der Waals surface area contributed by atoms with E-state index < -0.39 is 17.7 Å². The van der Waals surface area contributed by atoms with E-state index in [1.807, 2.05) is 6.07 Å². The van der Waals surface area contributed by atoms with Crippen molar-refractivity contribution in [3.8, 4) is 6.07 Å². The van der Waals surface area contributed by atoms with Gasteiger partial charge in [-0.15, -0.1) is 0 Å². The summed E-state index contributed by atoms with van der Waals surface area (Å²) in [5.74, 6) is -0.629. The summed E-state index contributed by atoms with van der Waals surface area (Å²) in [6.45, 7) is 0. The minimum Gasteiger partial charge on any atom is -0.293 e. The second kappa shape index (κ2) is 5.80. The lowest BCUT2D eigenvalue weighted by Gasteiger charge is -2.10. The largest absolute Gasteiger partial charge is 0.417 e. The molecule has 6 heteroatoms. The van der Waals surface area contributed by atoms with Crippen molar-refractivity contribution in [2.24, 2.45) is 11.8 Å². The molecule has 1 aromatic heterocycles. The van der Waals surface area contributed by atoms with Gasteiger partial charge in [0.05, 0.1) is 17.3 Å². The van der Waals surface area contributed by atoms with Crippen LogP contribution in [0.25, 0.3) is 0 Å². The molecule has 0 aromatic carbocycles. The number of carbonyl (C=O) groups excluding carboxylic acids is 1. The molecule has 23 heavy (non-hydrogen) atoms. The Kier molecular flexibility index (Phi) is 3.97. The number of rotatable bonds is 5. The molecule has 3 rings (SSSR count). The van der Waals surface area contributed by atoms with Gasteiger partial charge in [0.2, 0.25) is 0 Å². The maximum absolute atomic E-state index is 12.5. The number of aromatic nitrogens is 1. The van der Waals surface area contributed by atoms with Crippen LogP contribution in [0.5, 0.6) is 0 Å². The van der Waals surface area contributed by atoms with Gasteiger partial charge in [-0.1, -0.05) is 5.57 Å². The predicted molar refractivity (Wildman–Crippen MR) is 76.1 cm³/mol. The van der Waals surface area contributed by atoms with Gasteiger partial charge in [0, 0.05) is 6.20 Å². The van der Waals surface area contributed by atoms with Gasteiger partial charge in [0.1, 0.15) is 0 Å². The number of nitrogens with zero attached hydrogens (tertiary/aromatic N) is 2. The molecular weight excluding hydrogens is 305 g/mol. The molecule has 0 radical (unpaired) electrons. The highest BCUT2D eigenvalue weighted by atomic mass is 19.4. The Hall–Kier alpha value is -2.16. The fraction of sp³-hybridized carbons (Fsp3) is 0.471. The molecule has 0 unspecified atom stereocenters. The van der Waals surface area contributed by atoms with E-state index in [1.54, 1.807) is 6.08 Å². The first-order valence-electron chi connectivity index (χ1n) is 7.58. The molecule has 0 amide bonds. The molecule has 1 heterocycles. The van der Waals surface area contributed by atoms with Crippen molar-refractivity contribution >= 4 is 5.78 Å². The van der Waals surface area contributed by atoms with E-state index in [1.165, 1.54) is 0 Å². The van der Waals surface area contributed by atoms with Crippen molar-refractivity contribution in [2.75, 3.05) is 0 Å². The Morgan fingerprint density at radius 2 is 1.87 bits per heavy atom. The van der Waals surface area contributed by atoms with Gasteiger partial charge in [-0.3, -0.25) is 9.78 Å². The lowest BCUT2D eigenvalue weighted by atomic mass is 9.96. The third-order valence-electron chi connectivity index (χ3n) is 4.23. The van der Waals surface area contributed by atoms with Crippen LogP contribution >= 0.6 is 0 Å². The van der Waals surface area contributed by atoms with Gasteiger partial charge in [0.15, 0.2) is 11.7 Å². The lowest BCUT2D eigenvalue weighted by molar-refractivity contribution is -0.137. The van der Waals surface area contributed by atoms with Crippen LogP contribution in [0.3, 0.4) is 0 Å². The topological polar surface area (TPSA) is 53.8 Å². The van der Waals surface area contributed by atoms with E-state index in [2.05, 4.69) is 4.98 Å². The highest BCUT2D eigenvalue weighted by Gasteiger charge is 2.37. The summed E-state index contributed by atoms with van der Waals surface area (Å²) >= 11 is 0. The Balaban J connectivity index is 1.80. The third-order valence-corrected chi connectivity index (χ3v) is 4.23. The molecule has 2 fully saturated rings. The molecule has 0 aliphatic heterocycles. The molecule has 0 bridgehead atoms. The maximum atomic E-state index is 12.5. The molecule has 0 N–H and O–H groups in total. The van der Waals surface area contributed by atoms with Crippen LogP contribution in [0.2, 0.25) is 0 Å². The van der Waals surface area contributed by atoms with Crippen LogP contribution in [-0.4, -0.2) is 10.8 Å². The Morgan fingerprint density at radius 1 is 1.26 bits per heavy atom. The van der Waals surface area contributed by atoms with E-state index >= 15 is 0 Å². The Labute approximate surface area is 131 Å². The summed E-state index contributed by atoms with van der Waals surface area (Å²) in [5.41, 5.74) is 0.285. The number of allylic oxidation sites excluding steroid dienone is 2. The first-order chi connectivity index (χ1) is 10.9. The molecule has 1 atom stereocenters. The number of pyridine rings is 1. The second-order valence-electron chi connectivity index (χ2n) is 6.13. The molecule has 0 saturated heterocycles. The zero-order valence-corrected chi connectivity index (χ0v) is 12.3. The van der Waals surface area contributed by atoms with Crippen molar-refractivity contribution in [3.63, 3.8) is 0 Å². The molecule has 2 saturated carbocycles. The van der Waals surface area contributed by atoms with Gasteiger partial charge < -0.3 is 0 Å². The first kappa shape index (κ1) is 15.7. The lowest BCUT2D eigenvalue weighted by Crippen LogP contribution is -2.13. The minimum atomic E-state index is -4.48. The average Bonchev–Trinajstić information content (AvgIpc) is 3.38. The Bertz CT molecular complexity index is 663. The summed E-state index contributed by atoms with van der Waals surface area (Å²) in [4.78, 5) is 16.0. The number of ketones is 1. The van der Waals surface area contributed by atoms with Crippen molar-refractivity contribution in [1.82, 2.24) is 4.98 Å². The van der Waals surface area contributed by atoms with Crippen molar-refractivity contribution < 1.29 is 18.0 Å². The Morgan fingerprint density at radius 3 is 2.26 bits per heavy atom. The fourth-order valence-electron chi connectivity index (χ4n) is 2.67. The maximum Gasteiger partial charge on any atom is 0.417 e. The van der Waals surface area contributed by atoms with Crippen molar-refractivity contribution in [1.29, 1.82) is 5.26 Å². The first-order valence-corrected chi connectivity index (χ1v) is 7.58. The molecule has 2 aliphatic carbocycles. The highest BCUT2D eigenvalue weighted by molar-refractivity contribution is 5.97. The number of alkyl halides is 3. The van der Waals surface area contributed by atoms with Crippen LogP contribution in [-0.2, 0) is 11.0 Å². The summed E-state index contributed by atoms with van der Waals surface area (Å²) in [5, 5.41) is 9.24. The zero-order chi connectivity index (χ0) is 16.6. The monoisotopic (exact) mass is 320 g/mol. The average molecular weight is 320 g/mol. The molecule has 120 valence electrons. The predicted octanol–water partition coefficient (Wildman–Crippen LogP) is 4.02. The van der Waals surface area contributed by atoms with E-state index in [0.717, 1.165) is 43.4 Å². The van der Waals surface area contributed by atoms with E-state index in [0.29, 0.717) is 18.0 Å². The number of halogens is 3. The van der Waals surface area contributed by atoms with Crippen molar-refractivity contribution in [3.05, 3.63) is 41.2 Å². The highest BCUT2D eigenvalue weighted by Crippen LogP contribution is 2.48. The molecule has 1 aromatic rings. The van der Waals surface area contributed by atoms with E-state index in [4.69, 9.17) is 0 Å². The number of hydrogen-bond acceptors (Lipinski definition) is 3. The van der Waals surface area contributed by atoms with E-state index in [9.17, 15) is 23.2 Å². The number of carbonyl (C=O) groups is 1. The van der Waals surface area contributed by atoms with Crippen molar-refractivity contribution in [2.45, 2.75) is 37.8 Å². The molecule has 2 aliphatic rings. The summed E-state index contributed by atoms with van der Waals surface area (Å²) in [7, 11) is 0. The number of hydrogen-bond donors (Lipinski definition) is 0. The van der Waals surface area contributed by atoms with Crippen LogP contribution in [0, 0.1) is 23.2 Å². The number of nitriles is 1. The van der Waals surface area contributed by atoms with Gasteiger partial charge in [-0.2, -0.15) is 18.4 Å². The van der Waals surface area contributed by atoms with Crippen LogP contribution in [0.4, 0.5) is 13.2 Å². The smallest absolute Gasteiger partial charge is 0.293 e. The molecule has 3 nitrogen and oxygen atoms in total. The van der Waals surface area contributed by atoms with Crippen LogP contribution < -0.4 is 0 Å². The van der Waals surface area contributed by atoms with Crippen LogP contribution in [0.15, 0.2) is 30.0 Å². The molecular formula is C17H15F3N2O. The summed E-state index contributed by atoms with van der Waals surface area (Å²) in [6, 6.07) is 3.82. The van der Waals surface area contributed by atoms with E-state index in [-0.39, 0.29) is 11.5 Å². The standard InChI is InChI=1S/C17H15F3N2O/c18-17(19,20)12-5-6-15(22-9-12)14(8-21)16(23)7-13(10-1-2-10)11-3-4-11/h5-7,9-11,14H,1-4H2/t14-/m1/s1. The normalized spacial score (nSPS) is 18.9. The molecule has 0 spiro atoms. The van der Waals surface area contributed by atoms with Gasteiger partial charge >= 0.3 is 6.18 Å². The van der Waals surface area contributed by atoms with Crippen LogP contribution in [0.1, 0.15) is 42.9 Å². The van der Waals surface area contributed by atoms with Gasteiger partial charge in [-0.25, -0.2) is 0 Å². The SMILES string of the molecule is N#C[C@@H](C(=O)C=C(C1CC1)C1CC1)c1ccc(C(F)(F)F)cn1. The zero-order valence-electron chi connectivity index (χ0n) is 12.3. The summed E-state index contributed by atoms with van der Waals surface area (Å²) in [6.07, 6.45) is 2.03.